The number of halogens is 1. The first-order valence-corrected chi connectivity index (χ1v) is 9.73. The molecule has 28 heavy (non-hydrogen) atoms. The molecule has 0 aliphatic heterocycles. The van der Waals surface area contributed by atoms with Gasteiger partial charge in [0.05, 0.1) is 6.61 Å². The van der Waals surface area contributed by atoms with Crippen LogP contribution < -0.4 is 5.73 Å². The largest absolute Gasteiger partial charge is 0.507 e. The highest BCUT2D eigenvalue weighted by atomic mass is 19.1. The van der Waals surface area contributed by atoms with Crippen molar-refractivity contribution in [3.63, 3.8) is 0 Å². The van der Waals surface area contributed by atoms with Crippen molar-refractivity contribution in [2.75, 3.05) is 6.61 Å². The summed E-state index contributed by atoms with van der Waals surface area (Å²) < 4.78 is 18.2. The maximum absolute atomic E-state index is 13.8. The molecule has 0 saturated carbocycles. The fourth-order valence-electron chi connectivity index (χ4n) is 2.37. The van der Waals surface area contributed by atoms with Crippen molar-refractivity contribution in [3.05, 3.63) is 52.8 Å². The second-order valence-electron chi connectivity index (χ2n) is 5.36. The highest BCUT2D eigenvalue weighted by molar-refractivity contribution is 5.74. The highest BCUT2D eigenvalue weighted by Gasteiger charge is 2.12. The summed E-state index contributed by atoms with van der Waals surface area (Å²) in [5.41, 5.74) is 9.02. The van der Waals surface area contributed by atoms with Gasteiger partial charge in [-0.05, 0) is 55.7 Å². The molecule has 0 saturated heterocycles. The number of aromatic hydroxyl groups is 1. The number of ether oxygens (including phenoxy) is 1. The number of aryl methyl sites for hydroxylation is 2. The molecule has 158 valence electrons. The van der Waals surface area contributed by atoms with E-state index in [0.717, 1.165) is 16.7 Å². The molecule has 5 heteroatoms. The first-order chi connectivity index (χ1) is 13.3. The smallest absolute Gasteiger partial charge is 0.302 e. The van der Waals surface area contributed by atoms with Crippen molar-refractivity contribution < 1.29 is 19.0 Å². The van der Waals surface area contributed by atoms with Crippen LogP contribution in [0.15, 0.2) is 30.3 Å². The minimum Gasteiger partial charge on any atom is -0.507 e. The third-order valence-electron chi connectivity index (χ3n) is 3.44. The number of phenolic OH excluding ortho intramolecular Hbond substituents is 1. The lowest BCUT2D eigenvalue weighted by Crippen LogP contribution is -2.02. The third kappa shape index (κ3) is 9.00. The predicted octanol–water partition coefficient (Wildman–Crippen LogP) is 5.90. The van der Waals surface area contributed by atoms with Gasteiger partial charge in [0.15, 0.2) is 0 Å². The molecule has 0 aromatic heterocycles. The maximum Gasteiger partial charge on any atom is 0.302 e. The van der Waals surface area contributed by atoms with Crippen LogP contribution in [0.3, 0.4) is 0 Å². The number of phenols is 1. The SMILES string of the molecule is CC.CC.CCOC(C)=O.Cc1cc(-c2c(C)cccc2O)cc(CN)c1F. The van der Waals surface area contributed by atoms with Crippen LogP contribution in [0.4, 0.5) is 4.39 Å². The van der Waals surface area contributed by atoms with Crippen LogP contribution in [0, 0.1) is 19.7 Å². The normalized spacial score (nSPS) is 8.93. The molecule has 2 aromatic rings. The van der Waals surface area contributed by atoms with Gasteiger partial charge in [0.2, 0.25) is 0 Å². The second-order valence-corrected chi connectivity index (χ2v) is 5.36. The fraction of sp³-hybridized carbons (Fsp3) is 0.435. The molecule has 0 amide bonds. The van der Waals surface area contributed by atoms with Crippen molar-refractivity contribution in [2.24, 2.45) is 5.73 Å². The van der Waals surface area contributed by atoms with E-state index in [9.17, 15) is 14.3 Å². The zero-order valence-electron chi connectivity index (χ0n) is 18.5. The van der Waals surface area contributed by atoms with Gasteiger partial charge in [-0.25, -0.2) is 4.39 Å². The molecule has 2 rings (SSSR count). The lowest BCUT2D eigenvalue weighted by molar-refractivity contribution is -0.140. The van der Waals surface area contributed by atoms with Crippen LogP contribution in [0.5, 0.6) is 5.75 Å². The van der Waals surface area contributed by atoms with Gasteiger partial charge >= 0.3 is 5.97 Å². The Labute approximate surface area is 169 Å². The average molecular weight is 394 g/mol. The number of carbonyl (C=O) groups is 1. The van der Waals surface area contributed by atoms with Crippen molar-refractivity contribution in [3.8, 4) is 16.9 Å². The second kappa shape index (κ2) is 15.6. The molecule has 0 aliphatic carbocycles. The topological polar surface area (TPSA) is 72.5 Å². The number of hydrogen-bond donors (Lipinski definition) is 2. The first-order valence-electron chi connectivity index (χ1n) is 9.73. The Hall–Kier alpha value is -2.40. The van der Waals surface area contributed by atoms with E-state index >= 15 is 0 Å². The van der Waals surface area contributed by atoms with Gasteiger partial charge in [-0.1, -0.05) is 39.8 Å². The Kier molecular flexibility index (Phi) is 15.5. The number of carbonyl (C=O) groups excluding carboxylic acids is 1. The summed E-state index contributed by atoms with van der Waals surface area (Å²) in [5.74, 6) is -0.282. The Bertz CT molecular complexity index is 695. The molecule has 0 atom stereocenters. The minimum atomic E-state index is -0.269. The van der Waals surface area contributed by atoms with Crippen molar-refractivity contribution in [2.45, 2.75) is 61.9 Å². The molecule has 4 nitrogen and oxygen atoms in total. The van der Waals surface area contributed by atoms with E-state index in [4.69, 9.17) is 5.73 Å². The van der Waals surface area contributed by atoms with Crippen LogP contribution in [0.25, 0.3) is 11.1 Å². The molecule has 0 bridgehead atoms. The van der Waals surface area contributed by atoms with E-state index in [1.807, 2.05) is 40.7 Å². The summed E-state index contributed by atoms with van der Waals surface area (Å²) in [4.78, 5) is 9.82. The number of nitrogens with two attached hydrogens (primary N) is 1. The van der Waals surface area contributed by atoms with Crippen LogP contribution in [0.2, 0.25) is 0 Å². The van der Waals surface area contributed by atoms with Gasteiger partial charge < -0.3 is 15.6 Å². The summed E-state index contributed by atoms with van der Waals surface area (Å²) in [6.45, 7) is 15.4. The number of esters is 1. The summed E-state index contributed by atoms with van der Waals surface area (Å²) >= 11 is 0. The van der Waals surface area contributed by atoms with Crippen LogP contribution in [0.1, 0.15) is 58.2 Å². The van der Waals surface area contributed by atoms with E-state index < -0.39 is 0 Å². The molecule has 0 aliphatic rings. The number of rotatable bonds is 3. The van der Waals surface area contributed by atoms with Crippen LogP contribution in [-0.2, 0) is 16.1 Å². The number of benzene rings is 2. The van der Waals surface area contributed by atoms with E-state index in [-0.39, 0.29) is 24.1 Å². The maximum atomic E-state index is 13.8. The van der Waals surface area contributed by atoms with E-state index in [0.29, 0.717) is 17.7 Å². The Morgan fingerprint density at radius 1 is 1.11 bits per heavy atom. The molecule has 3 N–H and O–H groups in total. The van der Waals surface area contributed by atoms with Gasteiger partial charge in [-0.3, -0.25) is 4.79 Å². The van der Waals surface area contributed by atoms with Gasteiger partial charge in [0.1, 0.15) is 11.6 Å². The Balaban J connectivity index is 0. The van der Waals surface area contributed by atoms with Gasteiger partial charge in [0, 0.05) is 24.6 Å². The molecule has 0 heterocycles. The third-order valence-corrected chi connectivity index (χ3v) is 3.44. The Morgan fingerprint density at radius 3 is 2.07 bits per heavy atom. The van der Waals surface area contributed by atoms with Gasteiger partial charge in [0.25, 0.3) is 0 Å². The molecule has 0 unspecified atom stereocenters. The van der Waals surface area contributed by atoms with Gasteiger partial charge in [-0.15, -0.1) is 0 Å². The van der Waals surface area contributed by atoms with Gasteiger partial charge in [-0.2, -0.15) is 0 Å². The lowest BCUT2D eigenvalue weighted by Gasteiger charge is -2.12. The minimum absolute atomic E-state index is 0.146. The van der Waals surface area contributed by atoms with Crippen LogP contribution in [-0.4, -0.2) is 17.7 Å². The predicted molar refractivity (Wildman–Crippen MR) is 116 cm³/mol. The van der Waals surface area contributed by atoms with E-state index in [1.165, 1.54) is 6.92 Å². The number of hydrogen-bond acceptors (Lipinski definition) is 4. The zero-order valence-corrected chi connectivity index (χ0v) is 18.5. The molecule has 0 radical (unpaired) electrons. The fourth-order valence-corrected chi connectivity index (χ4v) is 2.37. The van der Waals surface area contributed by atoms with Crippen molar-refractivity contribution in [1.82, 2.24) is 0 Å². The van der Waals surface area contributed by atoms with E-state index in [2.05, 4.69) is 4.74 Å². The van der Waals surface area contributed by atoms with E-state index in [1.54, 1.807) is 38.1 Å². The zero-order chi connectivity index (χ0) is 22.3. The molecule has 0 spiro atoms. The molecular formula is C23H36FNO3. The van der Waals surface area contributed by atoms with Crippen LogP contribution >= 0.6 is 0 Å². The highest BCUT2D eigenvalue weighted by Crippen LogP contribution is 2.34. The quantitative estimate of drug-likeness (QED) is 0.637. The standard InChI is InChI=1S/C15H16FNO.C4H8O2.2C2H6/c1-9-4-3-5-13(18)14(9)11-6-10(2)15(16)12(7-11)8-17;1-3-6-4(2)5;2*1-2/h3-7,18H,8,17H2,1-2H3;3H2,1-2H3;2*1-2H3. The average Bonchev–Trinajstić information content (AvgIpc) is 2.68. The summed E-state index contributed by atoms with van der Waals surface area (Å²) in [6, 6.07) is 8.76. The first kappa shape index (κ1) is 27.8. The molecule has 2 aromatic carbocycles. The summed E-state index contributed by atoms with van der Waals surface area (Å²) in [7, 11) is 0. The molecular weight excluding hydrogens is 357 g/mol. The molecule has 0 fully saturated rings. The lowest BCUT2D eigenvalue weighted by atomic mass is 9.95. The Morgan fingerprint density at radius 2 is 1.68 bits per heavy atom. The monoisotopic (exact) mass is 393 g/mol. The summed E-state index contributed by atoms with van der Waals surface area (Å²) in [5, 5.41) is 9.94. The van der Waals surface area contributed by atoms with Crippen molar-refractivity contribution >= 4 is 5.97 Å². The van der Waals surface area contributed by atoms with Crippen molar-refractivity contribution in [1.29, 1.82) is 0 Å². The summed E-state index contributed by atoms with van der Waals surface area (Å²) in [6.07, 6.45) is 0.